The molecular weight excluding hydrogens is 619 g/mol. The van der Waals surface area contributed by atoms with Crippen molar-refractivity contribution in [3.05, 3.63) is 81.6 Å². The van der Waals surface area contributed by atoms with E-state index in [1.54, 1.807) is 49.4 Å². The van der Waals surface area contributed by atoms with Crippen molar-refractivity contribution in [3.63, 3.8) is 0 Å². The van der Waals surface area contributed by atoms with Gasteiger partial charge in [0.2, 0.25) is 0 Å². The highest BCUT2D eigenvalue weighted by atomic mass is 35.5. The Morgan fingerprint density at radius 2 is 1.24 bits per heavy atom. The third-order valence-electron chi connectivity index (χ3n) is 6.08. The first kappa shape index (κ1) is 36.2. The van der Waals surface area contributed by atoms with Crippen LogP contribution in [0.5, 0.6) is 0 Å². The van der Waals surface area contributed by atoms with Crippen LogP contribution in [0, 0.1) is 22.7 Å². The molecule has 0 atom stereocenters. The Labute approximate surface area is 271 Å². The highest BCUT2D eigenvalue weighted by Gasteiger charge is 2.16. The predicted molar refractivity (Wildman–Crippen MR) is 173 cm³/mol. The Morgan fingerprint density at radius 1 is 0.733 bits per heavy atom. The number of benzene rings is 2. The maximum atomic E-state index is 12.4. The zero-order valence-corrected chi connectivity index (χ0v) is 26.1. The van der Waals surface area contributed by atoms with E-state index >= 15 is 0 Å². The van der Waals surface area contributed by atoms with E-state index in [2.05, 4.69) is 31.9 Å². The van der Waals surface area contributed by atoms with Gasteiger partial charge in [0, 0.05) is 46.4 Å². The first-order chi connectivity index (χ1) is 21.6. The fourth-order valence-electron chi connectivity index (χ4n) is 3.84. The predicted octanol–water partition coefficient (Wildman–Crippen LogP) is 5.71. The summed E-state index contributed by atoms with van der Waals surface area (Å²) < 4.78 is 0. The summed E-state index contributed by atoms with van der Waals surface area (Å²) in [7, 11) is 0. The maximum absolute atomic E-state index is 12.4. The molecule has 0 aliphatic rings. The van der Waals surface area contributed by atoms with E-state index in [-0.39, 0.29) is 11.1 Å². The van der Waals surface area contributed by atoms with Crippen molar-refractivity contribution in [3.8, 4) is 12.1 Å². The normalized spacial score (nSPS) is 11.2. The quantitative estimate of drug-likeness (QED) is 0.0800. The van der Waals surface area contributed by atoms with Gasteiger partial charge in [-0.2, -0.15) is 10.5 Å². The van der Waals surface area contributed by atoms with E-state index in [1.165, 1.54) is 18.3 Å². The first-order valence-electron chi connectivity index (χ1n) is 14.1. The molecule has 2 aromatic rings. The van der Waals surface area contributed by atoms with Gasteiger partial charge in [-0.1, -0.05) is 61.0 Å². The number of anilines is 2. The Morgan fingerprint density at radius 3 is 1.76 bits per heavy atom. The van der Waals surface area contributed by atoms with Gasteiger partial charge in [-0.3, -0.25) is 20.2 Å². The van der Waals surface area contributed by atoms with Gasteiger partial charge in [-0.25, -0.2) is 9.59 Å². The van der Waals surface area contributed by atoms with Crippen molar-refractivity contribution < 1.29 is 19.2 Å². The fourth-order valence-corrected chi connectivity index (χ4v) is 4.22. The highest BCUT2D eigenvalue weighted by molar-refractivity contribution is 6.31. The number of hydrogen-bond donors (Lipinski definition) is 6. The molecule has 14 heteroatoms. The molecule has 0 radical (unpaired) electrons. The second-order valence-electron chi connectivity index (χ2n) is 9.62. The second-order valence-corrected chi connectivity index (χ2v) is 10.5. The van der Waals surface area contributed by atoms with E-state index in [1.807, 2.05) is 6.07 Å². The molecule has 2 aromatic carbocycles. The first-order valence-corrected chi connectivity index (χ1v) is 14.8. The minimum Gasteiger partial charge on any atom is -0.390 e. The molecule has 6 N–H and O–H groups in total. The topological polar surface area (TPSA) is 188 Å². The Kier molecular flexibility index (Phi) is 16.1. The zero-order valence-electron chi connectivity index (χ0n) is 24.6. The molecule has 0 spiro atoms. The van der Waals surface area contributed by atoms with Crippen LogP contribution in [0.25, 0.3) is 0 Å². The van der Waals surface area contributed by atoms with Crippen LogP contribution in [0.1, 0.15) is 45.4 Å². The van der Waals surface area contributed by atoms with Crippen LogP contribution in [0.4, 0.5) is 21.0 Å². The molecule has 0 aromatic heterocycles. The van der Waals surface area contributed by atoms with Crippen LogP contribution in [-0.4, -0.2) is 37.0 Å². The van der Waals surface area contributed by atoms with E-state index in [4.69, 9.17) is 23.2 Å². The van der Waals surface area contributed by atoms with Gasteiger partial charge in [-0.15, -0.1) is 0 Å². The third-order valence-corrected chi connectivity index (χ3v) is 6.55. The molecule has 2 rings (SSSR count). The van der Waals surface area contributed by atoms with Crippen LogP contribution in [0.15, 0.2) is 71.6 Å². The Balaban J connectivity index is 1.59. The van der Waals surface area contributed by atoms with Gasteiger partial charge in [0.25, 0.3) is 11.8 Å². The van der Waals surface area contributed by atoms with Gasteiger partial charge < -0.3 is 21.3 Å². The summed E-state index contributed by atoms with van der Waals surface area (Å²) in [5.41, 5.74) is 0.770. The lowest BCUT2D eigenvalue weighted by Crippen LogP contribution is -2.36. The summed E-state index contributed by atoms with van der Waals surface area (Å²) >= 11 is 11.7. The van der Waals surface area contributed by atoms with Crippen molar-refractivity contribution in [2.45, 2.75) is 45.4 Å². The maximum Gasteiger partial charge on any atom is 0.326 e. The number of amides is 6. The van der Waals surface area contributed by atoms with Crippen molar-refractivity contribution in [2.24, 2.45) is 0 Å². The van der Waals surface area contributed by atoms with Crippen molar-refractivity contribution in [2.75, 3.05) is 23.7 Å². The van der Waals surface area contributed by atoms with Crippen LogP contribution < -0.4 is 31.9 Å². The molecule has 45 heavy (non-hydrogen) atoms. The number of imide groups is 2. The zero-order chi connectivity index (χ0) is 33.0. The lowest BCUT2D eigenvalue weighted by atomic mass is 10.1. The molecule has 0 saturated carbocycles. The average molecular weight is 654 g/mol. The van der Waals surface area contributed by atoms with Gasteiger partial charge >= 0.3 is 12.1 Å². The van der Waals surface area contributed by atoms with Crippen molar-refractivity contribution in [1.29, 1.82) is 10.5 Å². The van der Waals surface area contributed by atoms with Crippen molar-refractivity contribution in [1.82, 2.24) is 21.3 Å². The minimum atomic E-state index is -0.829. The number of nitrogens with one attached hydrogen (secondary N) is 6. The van der Waals surface area contributed by atoms with E-state index in [0.717, 1.165) is 38.5 Å². The SMILES string of the molecule is CC(NCCCCCCCCNC=C(C#N)C(=O)NC(=O)Nc1cccc(Cl)c1)=C(C#N)C(=O)NC(=O)Nc1cccc(Cl)c1. The van der Waals surface area contributed by atoms with E-state index in [9.17, 15) is 29.7 Å². The van der Waals surface area contributed by atoms with Crippen LogP contribution in [-0.2, 0) is 9.59 Å². The fraction of sp³-hybridized carbons (Fsp3) is 0.290. The van der Waals surface area contributed by atoms with E-state index in [0.29, 0.717) is 40.2 Å². The van der Waals surface area contributed by atoms with Gasteiger partial charge in [0.05, 0.1) is 0 Å². The van der Waals surface area contributed by atoms with Crippen LogP contribution in [0.2, 0.25) is 10.0 Å². The molecule has 12 nitrogen and oxygen atoms in total. The van der Waals surface area contributed by atoms with Gasteiger partial charge in [0.1, 0.15) is 23.3 Å². The number of halogens is 2. The summed E-state index contributed by atoms with van der Waals surface area (Å²) in [6.45, 7) is 2.71. The molecule has 6 amide bonds. The molecule has 0 saturated heterocycles. The highest BCUT2D eigenvalue weighted by Crippen LogP contribution is 2.15. The third kappa shape index (κ3) is 14.3. The lowest BCUT2D eigenvalue weighted by Gasteiger charge is -2.10. The number of nitriles is 2. The number of nitrogens with zero attached hydrogens (tertiary/aromatic N) is 2. The molecule has 0 heterocycles. The Hall–Kier alpha value is -5.04. The number of urea groups is 2. The van der Waals surface area contributed by atoms with E-state index < -0.39 is 23.9 Å². The number of carbonyl (C=O) groups is 4. The summed E-state index contributed by atoms with van der Waals surface area (Å²) in [4.78, 5) is 48.7. The summed E-state index contributed by atoms with van der Waals surface area (Å²) in [5, 5.41) is 34.7. The van der Waals surface area contributed by atoms with Crippen LogP contribution in [0.3, 0.4) is 0 Å². The Bertz CT molecular complexity index is 1510. The second kappa shape index (κ2) is 20.0. The number of unbranched alkanes of at least 4 members (excludes halogenated alkanes) is 5. The number of carbonyl (C=O) groups excluding carboxylic acids is 4. The number of rotatable bonds is 15. The molecule has 0 unspecified atom stereocenters. The number of hydrogen-bond acceptors (Lipinski definition) is 8. The summed E-state index contributed by atoms with van der Waals surface area (Å²) in [6.07, 6.45) is 6.73. The molecular formula is C31H34Cl2N8O4. The largest absolute Gasteiger partial charge is 0.390 e. The van der Waals surface area contributed by atoms with Crippen LogP contribution >= 0.6 is 23.2 Å². The van der Waals surface area contributed by atoms with Crippen molar-refractivity contribution >= 4 is 58.5 Å². The van der Waals surface area contributed by atoms with Gasteiger partial charge in [-0.05, 0) is 56.2 Å². The standard InChI is InChI=1S/C31H34Cl2N8O4/c1-21(27(19-35)29(43)41-31(45)39-26-13-9-11-24(33)17-26)37-15-7-5-3-2-4-6-14-36-20-22(18-34)28(42)40-30(44)38-25-12-8-10-23(32)16-25/h8-13,16-17,20,36-37H,2-7,14-15H2,1H3,(H2,38,40,42,44)(H2,39,41,43,45). The molecule has 0 aliphatic carbocycles. The molecule has 236 valence electrons. The smallest absolute Gasteiger partial charge is 0.326 e. The molecule has 0 aliphatic heterocycles. The molecule has 0 bridgehead atoms. The molecule has 0 fully saturated rings. The average Bonchev–Trinajstić information content (AvgIpc) is 2.98. The summed E-state index contributed by atoms with van der Waals surface area (Å²) in [6, 6.07) is 14.9. The summed E-state index contributed by atoms with van der Waals surface area (Å²) in [5.74, 6) is -1.64. The lowest BCUT2D eigenvalue weighted by molar-refractivity contribution is -0.116. The minimum absolute atomic E-state index is 0.185. The number of allylic oxidation sites excluding steroid dienone is 1. The monoisotopic (exact) mass is 652 g/mol. The van der Waals surface area contributed by atoms with Gasteiger partial charge in [0.15, 0.2) is 0 Å².